The van der Waals surface area contributed by atoms with Crippen LogP contribution in [-0.4, -0.2) is 35.5 Å². The molecule has 0 aliphatic carbocycles. The number of nitrogens with zero attached hydrogens (tertiary/aromatic N) is 1. The van der Waals surface area contributed by atoms with Crippen molar-refractivity contribution < 1.29 is 9.21 Å². The second-order valence-electron chi connectivity index (χ2n) is 7.21. The van der Waals surface area contributed by atoms with E-state index in [9.17, 15) is 4.79 Å². The lowest BCUT2D eigenvalue weighted by Gasteiger charge is -2.24. The summed E-state index contributed by atoms with van der Waals surface area (Å²) in [7, 11) is 0. The SMILES string of the molecule is Cc1ccc(-c2cccc(CN3C[C@H](N)C[C@H]3C(=O)NC(C)C)c2)o1. The molecule has 5 heteroatoms. The smallest absolute Gasteiger partial charge is 0.237 e. The van der Waals surface area contributed by atoms with Crippen LogP contribution < -0.4 is 11.1 Å². The molecule has 0 radical (unpaired) electrons. The highest BCUT2D eigenvalue weighted by atomic mass is 16.3. The first-order valence-corrected chi connectivity index (χ1v) is 8.88. The van der Waals surface area contributed by atoms with E-state index in [1.165, 1.54) is 0 Å². The number of carbonyl (C=O) groups excluding carboxylic acids is 1. The third kappa shape index (κ3) is 4.30. The quantitative estimate of drug-likeness (QED) is 0.877. The summed E-state index contributed by atoms with van der Waals surface area (Å²) in [5.41, 5.74) is 8.33. The van der Waals surface area contributed by atoms with Crippen molar-refractivity contribution in [1.82, 2.24) is 10.2 Å². The van der Waals surface area contributed by atoms with Gasteiger partial charge in [-0.15, -0.1) is 0 Å². The first-order valence-electron chi connectivity index (χ1n) is 8.88. The Labute approximate surface area is 149 Å². The van der Waals surface area contributed by atoms with E-state index >= 15 is 0 Å². The van der Waals surface area contributed by atoms with Gasteiger partial charge in [0.2, 0.25) is 5.91 Å². The van der Waals surface area contributed by atoms with Crippen molar-refractivity contribution >= 4 is 5.91 Å². The number of amides is 1. The van der Waals surface area contributed by atoms with E-state index in [1.54, 1.807) is 0 Å². The molecule has 25 heavy (non-hydrogen) atoms. The molecule has 0 bridgehead atoms. The molecule has 1 fully saturated rings. The zero-order chi connectivity index (χ0) is 18.0. The summed E-state index contributed by atoms with van der Waals surface area (Å²) >= 11 is 0. The van der Waals surface area contributed by atoms with Gasteiger partial charge in [-0.25, -0.2) is 0 Å². The number of likely N-dealkylation sites (tertiary alicyclic amines) is 1. The van der Waals surface area contributed by atoms with Gasteiger partial charge in [0, 0.05) is 30.7 Å². The summed E-state index contributed by atoms with van der Waals surface area (Å²) in [6.07, 6.45) is 0.704. The van der Waals surface area contributed by atoms with Crippen molar-refractivity contribution in [2.75, 3.05) is 6.54 Å². The number of hydrogen-bond donors (Lipinski definition) is 2. The van der Waals surface area contributed by atoms with Gasteiger partial charge in [-0.05, 0) is 51.0 Å². The second kappa shape index (κ2) is 7.42. The number of rotatable bonds is 5. The fraction of sp³-hybridized carbons (Fsp3) is 0.450. The van der Waals surface area contributed by atoms with Gasteiger partial charge < -0.3 is 15.5 Å². The number of benzene rings is 1. The van der Waals surface area contributed by atoms with Crippen molar-refractivity contribution in [1.29, 1.82) is 0 Å². The number of furan rings is 1. The van der Waals surface area contributed by atoms with E-state index < -0.39 is 0 Å². The van der Waals surface area contributed by atoms with Crippen LogP contribution in [0.5, 0.6) is 0 Å². The third-order valence-electron chi connectivity index (χ3n) is 4.51. The van der Waals surface area contributed by atoms with E-state index in [0.717, 1.165) is 29.2 Å². The maximum atomic E-state index is 12.5. The molecule has 0 saturated carbocycles. The number of nitrogens with one attached hydrogen (secondary N) is 1. The Morgan fingerprint density at radius 3 is 2.84 bits per heavy atom. The van der Waals surface area contributed by atoms with Crippen molar-refractivity contribution in [3.05, 3.63) is 47.7 Å². The Hall–Kier alpha value is -2.11. The molecule has 0 spiro atoms. The fourth-order valence-corrected chi connectivity index (χ4v) is 3.41. The maximum absolute atomic E-state index is 12.5. The molecular formula is C20H27N3O2. The van der Waals surface area contributed by atoms with Crippen LogP contribution in [0.2, 0.25) is 0 Å². The number of aryl methyl sites for hydroxylation is 1. The average molecular weight is 341 g/mol. The Balaban J connectivity index is 1.75. The van der Waals surface area contributed by atoms with E-state index in [4.69, 9.17) is 10.2 Å². The van der Waals surface area contributed by atoms with Gasteiger partial charge in [-0.2, -0.15) is 0 Å². The van der Waals surface area contributed by atoms with Crippen molar-refractivity contribution in [2.45, 2.75) is 51.9 Å². The lowest BCUT2D eigenvalue weighted by atomic mass is 10.1. The van der Waals surface area contributed by atoms with Crippen LogP contribution >= 0.6 is 0 Å². The molecule has 1 saturated heterocycles. The van der Waals surface area contributed by atoms with E-state index in [1.807, 2.05) is 45.0 Å². The van der Waals surface area contributed by atoms with Crippen molar-refractivity contribution in [3.8, 4) is 11.3 Å². The highest BCUT2D eigenvalue weighted by Gasteiger charge is 2.35. The fourth-order valence-electron chi connectivity index (χ4n) is 3.41. The van der Waals surface area contributed by atoms with Crippen LogP contribution in [0.1, 0.15) is 31.6 Å². The Morgan fingerprint density at radius 2 is 2.16 bits per heavy atom. The first-order chi connectivity index (χ1) is 11.9. The van der Waals surface area contributed by atoms with Crippen LogP contribution in [-0.2, 0) is 11.3 Å². The highest BCUT2D eigenvalue weighted by molar-refractivity contribution is 5.82. The van der Waals surface area contributed by atoms with Crippen molar-refractivity contribution in [2.24, 2.45) is 5.73 Å². The molecule has 2 heterocycles. The lowest BCUT2D eigenvalue weighted by molar-refractivity contribution is -0.126. The molecule has 0 unspecified atom stereocenters. The molecule has 3 N–H and O–H groups in total. The van der Waals surface area contributed by atoms with E-state index in [2.05, 4.69) is 22.3 Å². The van der Waals surface area contributed by atoms with Gasteiger partial charge in [0.15, 0.2) is 0 Å². The number of nitrogens with two attached hydrogens (primary N) is 1. The molecule has 3 rings (SSSR count). The molecule has 2 aromatic rings. The van der Waals surface area contributed by atoms with Gasteiger partial charge in [0.25, 0.3) is 0 Å². The summed E-state index contributed by atoms with van der Waals surface area (Å²) in [5.74, 6) is 1.84. The lowest BCUT2D eigenvalue weighted by Crippen LogP contribution is -2.45. The summed E-state index contributed by atoms with van der Waals surface area (Å²) in [6, 6.07) is 12.2. The van der Waals surface area contributed by atoms with Crippen LogP contribution in [0.4, 0.5) is 0 Å². The predicted molar refractivity (Wildman–Crippen MR) is 99.0 cm³/mol. The average Bonchev–Trinajstić information content (AvgIpc) is 3.13. The molecule has 134 valence electrons. The minimum atomic E-state index is -0.160. The van der Waals surface area contributed by atoms with Gasteiger partial charge in [-0.3, -0.25) is 9.69 Å². The number of carbonyl (C=O) groups is 1. The Bertz CT molecular complexity index is 738. The van der Waals surface area contributed by atoms with Gasteiger partial charge in [-0.1, -0.05) is 18.2 Å². The van der Waals surface area contributed by atoms with Crippen LogP contribution in [0.25, 0.3) is 11.3 Å². The Morgan fingerprint density at radius 1 is 1.36 bits per heavy atom. The normalized spacial score (nSPS) is 21.0. The molecule has 5 nitrogen and oxygen atoms in total. The molecule has 1 amide bonds. The van der Waals surface area contributed by atoms with Crippen LogP contribution in [0.3, 0.4) is 0 Å². The first kappa shape index (κ1) is 17.7. The summed E-state index contributed by atoms with van der Waals surface area (Å²) in [6.45, 7) is 7.34. The topological polar surface area (TPSA) is 71.5 Å². The largest absolute Gasteiger partial charge is 0.461 e. The molecule has 1 aromatic carbocycles. The molecule has 2 atom stereocenters. The predicted octanol–water partition coefficient (Wildman–Crippen LogP) is 2.68. The zero-order valence-corrected chi connectivity index (χ0v) is 15.2. The molecule has 1 aliphatic heterocycles. The van der Waals surface area contributed by atoms with Crippen molar-refractivity contribution in [3.63, 3.8) is 0 Å². The minimum Gasteiger partial charge on any atom is -0.461 e. The van der Waals surface area contributed by atoms with Crippen LogP contribution in [0, 0.1) is 6.92 Å². The van der Waals surface area contributed by atoms with E-state index in [0.29, 0.717) is 13.0 Å². The summed E-state index contributed by atoms with van der Waals surface area (Å²) in [4.78, 5) is 14.6. The Kier molecular flexibility index (Phi) is 5.25. The summed E-state index contributed by atoms with van der Waals surface area (Å²) in [5, 5.41) is 3.01. The van der Waals surface area contributed by atoms with Gasteiger partial charge in [0.05, 0.1) is 6.04 Å². The van der Waals surface area contributed by atoms with E-state index in [-0.39, 0.29) is 24.0 Å². The second-order valence-corrected chi connectivity index (χ2v) is 7.21. The molecule has 1 aliphatic rings. The standard InChI is InChI=1S/C20H27N3O2/c1-13(2)22-20(24)18-10-17(21)12-23(18)11-15-5-4-6-16(9-15)19-8-7-14(3)25-19/h4-9,13,17-18H,10-12,21H2,1-3H3,(H,22,24)/t17-,18+/m1/s1. The molecular weight excluding hydrogens is 314 g/mol. The third-order valence-corrected chi connectivity index (χ3v) is 4.51. The monoisotopic (exact) mass is 341 g/mol. The van der Waals surface area contributed by atoms with Gasteiger partial charge >= 0.3 is 0 Å². The maximum Gasteiger partial charge on any atom is 0.237 e. The van der Waals surface area contributed by atoms with Crippen LogP contribution in [0.15, 0.2) is 40.8 Å². The minimum absolute atomic E-state index is 0.0406. The molecule has 1 aromatic heterocycles. The zero-order valence-electron chi connectivity index (χ0n) is 15.2. The highest BCUT2D eigenvalue weighted by Crippen LogP contribution is 2.25. The van der Waals surface area contributed by atoms with Gasteiger partial charge in [0.1, 0.15) is 11.5 Å². The number of hydrogen-bond acceptors (Lipinski definition) is 4. The summed E-state index contributed by atoms with van der Waals surface area (Å²) < 4.78 is 5.72.